The topological polar surface area (TPSA) is 13.8 Å². The average Bonchev–Trinajstić information content (AvgIpc) is 4.03. The zero-order valence-corrected chi connectivity index (χ0v) is 29.6. The minimum absolute atomic E-state index is 1.17. The molecule has 0 saturated carbocycles. The Kier molecular flexibility index (Phi) is 5.01. The fourth-order valence-electron chi connectivity index (χ4n) is 10.6. The van der Waals surface area contributed by atoms with E-state index in [1.165, 1.54) is 126 Å². The summed E-state index contributed by atoms with van der Waals surface area (Å²) in [5.74, 6) is 0. The average molecular weight is 696 g/mol. The van der Waals surface area contributed by atoms with Gasteiger partial charge >= 0.3 is 0 Å². The molecule has 0 unspecified atom stereocenters. The van der Waals surface area contributed by atoms with Crippen LogP contribution in [-0.4, -0.2) is 13.4 Å². The van der Waals surface area contributed by atoms with Crippen LogP contribution in [-0.2, 0) is 0 Å². The molecule has 0 N–H and O–H groups in total. The quantitative estimate of drug-likeness (QED) is 0.171. The maximum Gasteiger partial charge on any atom is 0.0627 e. The molecule has 3 heteroatoms. The molecule has 0 saturated heterocycles. The number of nitrogens with zero attached hydrogens (tertiary/aromatic N) is 3. The highest BCUT2D eigenvalue weighted by atomic mass is 15.0. The molecule has 0 spiro atoms. The van der Waals surface area contributed by atoms with Gasteiger partial charge in [-0.15, -0.1) is 0 Å². The van der Waals surface area contributed by atoms with Crippen molar-refractivity contribution in [2.75, 3.05) is 0 Å². The lowest BCUT2D eigenvalue weighted by Gasteiger charge is -2.09. The molecule has 14 aromatic rings. The standard InChI is InChI=1S/C52H29N3/c1-2-13-32(14-3-1)53-42-22-8-7-17-36(42)40-28-31(24-25-44(40)53)34-18-10-20-38-47-33-15-5-4-12-30(33)29-41-49-46(55(50(34)38)52(41)47)27-26-45-48(49)39-21-11-19-37-35-16-6-9-23-43(35)54(45)51(37)39/h1-29H. The summed E-state index contributed by atoms with van der Waals surface area (Å²) in [6.07, 6.45) is 0. The molecule has 0 amide bonds. The summed E-state index contributed by atoms with van der Waals surface area (Å²) in [6.45, 7) is 0. The first-order chi connectivity index (χ1) is 27.3. The lowest BCUT2D eigenvalue weighted by molar-refractivity contribution is 1.18. The van der Waals surface area contributed by atoms with Gasteiger partial charge in [0, 0.05) is 65.1 Å². The van der Waals surface area contributed by atoms with Gasteiger partial charge < -0.3 is 13.4 Å². The van der Waals surface area contributed by atoms with E-state index in [0.29, 0.717) is 0 Å². The highest BCUT2D eigenvalue weighted by molar-refractivity contribution is 6.39. The molecule has 252 valence electrons. The second-order valence-electron chi connectivity index (χ2n) is 15.2. The van der Waals surface area contributed by atoms with Crippen LogP contribution in [0, 0.1) is 0 Å². The molecular weight excluding hydrogens is 667 g/mol. The number of rotatable bonds is 2. The smallest absolute Gasteiger partial charge is 0.0627 e. The third kappa shape index (κ3) is 3.31. The Balaban J connectivity index is 1.16. The third-order valence-corrected chi connectivity index (χ3v) is 12.6. The molecule has 0 aliphatic rings. The molecule has 9 aromatic carbocycles. The molecular formula is C52H29N3. The minimum Gasteiger partial charge on any atom is -0.309 e. The van der Waals surface area contributed by atoms with Gasteiger partial charge in [0.1, 0.15) is 0 Å². The molecule has 0 radical (unpaired) electrons. The molecule has 0 bridgehead atoms. The fraction of sp³-hybridized carbons (Fsp3) is 0. The van der Waals surface area contributed by atoms with Crippen LogP contribution in [0.1, 0.15) is 0 Å². The van der Waals surface area contributed by atoms with Crippen LogP contribution in [0.5, 0.6) is 0 Å². The van der Waals surface area contributed by atoms with Crippen LogP contribution in [0.3, 0.4) is 0 Å². The molecule has 0 atom stereocenters. The van der Waals surface area contributed by atoms with Crippen molar-refractivity contribution in [2.24, 2.45) is 0 Å². The Labute approximate surface area is 313 Å². The van der Waals surface area contributed by atoms with Crippen molar-refractivity contribution in [3.63, 3.8) is 0 Å². The molecule has 5 aromatic heterocycles. The first kappa shape index (κ1) is 28.2. The van der Waals surface area contributed by atoms with E-state index >= 15 is 0 Å². The zero-order valence-electron chi connectivity index (χ0n) is 29.6. The predicted molar refractivity (Wildman–Crippen MR) is 233 cm³/mol. The Hall–Kier alpha value is -7.36. The summed E-state index contributed by atoms with van der Waals surface area (Å²) in [5, 5.41) is 15.7. The molecule has 3 nitrogen and oxygen atoms in total. The fourth-order valence-corrected chi connectivity index (χ4v) is 10.6. The summed E-state index contributed by atoms with van der Waals surface area (Å²) in [4.78, 5) is 0. The third-order valence-electron chi connectivity index (χ3n) is 12.6. The number of fused-ring (bicyclic) bond motifs is 18. The van der Waals surface area contributed by atoms with Crippen LogP contribution in [0.15, 0.2) is 176 Å². The predicted octanol–water partition coefficient (Wildman–Crippen LogP) is 13.9. The first-order valence-corrected chi connectivity index (χ1v) is 19.1. The molecule has 0 aliphatic carbocycles. The summed E-state index contributed by atoms with van der Waals surface area (Å²) < 4.78 is 7.50. The van der Waals surface area contributed by atoms with Gasteiger partial charge in [-0.1, -0.05) is 121 Å². The van der Waals surface area contributed by atoms with Crippen molar-refractivity contribution < 1.29 is 0 Å². The van der Waals surface area contributed by atoms with Crippen molar-refractivity contribution in [3.05, 3.63) is 176 Å². The lowest BCUT2D eigenvalue weighted by atomic mass is 9.96. The van der Waals surface area contributed by atoms with Gasteiger partial charge in [0.2, 0.25) is 0 Å². The van der Waals surface area contributed by atoms with Crippen molar-refractivity contribution in [1.29, 1.82) is 0 Å². The Morgan fingerprint density at radius 1 is 0.291 bits per heavy atom. The highest BCUT2D eigenvalue weighted by Crippen LogP contribution is 2.50. The van der Waals surface area contributed by atoms with E-state index in [4.69, 9.17) is 0 Å². The maximum absolute atomic E-state index is 2.60. The van der Waals surface area contributed by atoms with Gasteiger partial charge in [-0.05, 0) is 70.9 Å². The highest BCUT2D eigenvalue weighted by Gasteiger charge is 2.26. The summed E-state index contributed by atoms with van der Waals surface area (Å²) in [7, 11) is 0. The van der Waals surface area contributed by atoms with Gasteiger partial charge in [-0.2, -0.15) is 0 Å². The van der Waals surface area contributed by atoms with Crippen LogP contribution >= 0.6 is 0 Å². The Morgan fingerprint density at radius 2 is 0.891 bits per heavy atom. The van der Waals surface area contributed by atoms with Crippen LogP contribution in [0.25, 0.3) is 126 Å². The second kappa shape index (κ2) is 9.79. The minimum atomic E-state index is 1.17. The Morgan fingerprint density at radius 3 is 1.75 bits per heavy atom. The van der Waals surface area contributed by atoms with Gasteiger partial charge in [-0.3, -0.25) is 0 Å². The molecule has 0 aliphatic heterocycles. The van der Waals surface area contributed by atoms with Crippen LogP contribution in [0.2, 0.25) is 0 Å². The zero-order chi connectivity index (χ0) is 35.5. The molecule has 0 fully saturated rings. The summed E-state index contributed by atoms with van der Waals surface area (Å²) in [5.41, 5.74) is 13.8. The van der Waals surface area contributed by atoms with E-state index in [0.717, 1.165) is 0 Å². The summed E-state index contributed by atoms with van der Waals surface area (Å²) >= 11 is 0. The Bertz CT molecular complexity index is 3930. The van der Waals surface area contributed by atoms with E-state index in [1.54, 1.807) is 0 Å². The normalized spacial score (nSPS) is 12.7. The number of para-hydroxylation sites is 5. The maximum atomic E-state index is 2.60. The molecule has 55 heavy (non-hydrogen) atoms. The first-order valence-electron chi connectivity index (χ1n) is 19.1. The van der Waals surface area contributed by atoms with E-state index in [1.807, 2.05) is 0 Å². The number of hydrogen-bond donors (Lipinski definition) is 0. The van der Waals surface area contributed by atoms with E-state index in [-0.39, 0.29) is 0 Å². The van der Waals surface area contributed by atoms with E-state index in [9.17, 15) is 0 Å². The van der Waals surface area contributed by atoms with Crippen molar-refractivity contribution in [3.8, 4) is 16.8 Å². The van der Waals surface area contributed by atoms with E-state index < -0.39 is 0 Å². The van der Waals surface area contributed by atoms with Gasteiger partial charge in [0.25, 0.3) is 0 Å². The second-order valence-corrected chi connectivity index (χ2v) is 15.2. The number of aromatic nitrogens is 3. The van der Waals surface area contributed by atoms with Crippen molar-refractivity contribution >= 4 is 109 Å². The van der Waals surface area contributed by atoms with Gasteiger partial charge in [0.15, 0.2) is 0 Å². The molecule has 5 heterocycles. The number of benzene rings is 9. The number of hydrogen-bond acceptors (Lipinski definition) is 0. The van der Waals surface area contributed by atoms with Crippen molar-refractivity contribution in [1.82, 2.24) is 13.4 Å². The van der Waals surface area contributed by atoms with Crippen LogP contribution < -0.4 is 0 Å². The van der Waals surface area contributed by atoms with Crippen molar-refractivity contribution in [2.45, 2.75) is 0 Å². The molecule has 14 rings (SSSR count). The van der Waals surface area contributed by atoms with Crippen LogP contribution in [0.4, 0.5) is 0 Å². The largest absolute Gasteiger partial charge is 0.309 e. The summed E-state index contributed by atoms with van der Waals surface area (Å²) in [6, 6.07) is 65.4. The van der Waals surface area contributed by atoms with Gasteiger partial charge in [0.05, 0.1) is 44.1 Å². The monoisotopic (exact) mass is 695 g/mol. The SMILES string of the molecule is c1ccc(-n2c3ccccc3c3cc(-c4cccc5c6c7ccccc7cc7c8c9c%10cccc%11c%12ccccc%12n(c9ccc8n(c45)c76)c%11%10)ccc32)cc1. The lowest BCUT2D eigenvalue weighted by Crippen LogP contribution is -1.93. The van der Waals surface area contributed by atoms with E-state index in [2.05, 4.69) is 189 Å². The van der Waals surface area contributed by atoms with Gasteiger partial charge in [-0.25, -0.2) is 0 Å².